The van der Waals surface area contributed by atoms with E-state index in [0.717, 1.165) is 12.2 Å². The number of nitrogens with zero attached hydrogens (tertiary/aromatic N) is 3. The van der Waals surface area contributed by atoms with E-state index < -0.39 is 0 Å². The highest BCUT2D eigenvalue weighted by Gasteiger charge is 2.22. The second kappa shape index (κ2) is 7.59. The predicted molar refractivity (Wildman–Crippen MR) is 82.1 cm³/mol. The summed E-state index contributed by atoms with van der Waals surface area (Å²) in [4.78, 5) is 14.4. The molecule has 5 nitrogen and oxygen atoms in total. The Kier molecular flexibility index (Phi) is 5.79. The van der Waals surface area contributed by atoms with E-state index in [9.17, 15) is 4.79 Å². The Balaban J connectivity index is 2.07. The maximum Gasteiger partial charge on any atom is 0.341 e. The topological polar surface area (TPSA) is 47.4 Å². The summed E-state index contributed by atoms with van der Waals surface area (Å²) in [6.07, 6.45) is 9.45. The van der Waals surface area contributed by atoms with Crippen molar-refractivity contribution in [3.63, 3.8) is 0 Å². The molecule has 0 N–H and O–H groups in total. The van der Waals surface area contributed by atoms with Gasteiger partial charge in [0.15, 0.2) is 0 Å². The molecule has 21 heavy (non-hydrogen) atoms. The van der Waals surface area contributed by atoms with Gasteiger partial charge in [-0.05, 0) is 26.8 Å². The third kappa shape index (κ3) is 4.06. The molecule has 2 rings (SSSR count). The SMILES string of the molecule is CCOC(=O)c1cnn(C)c1CN(C)C1CCCCCC1. The molecule has 1 aromatic rings. The molecule has 0 aromatic carbocycles. The van der Waals surface area contributed by atoms with Gasteiger partial charge in [-0.15, -0.1) is 0 Å². The lowest BCUT2D eigenvalue weighted by atomic mass is 10.1. The van der Waals surface area contributed by atoms with Gasteiger partial charge in [0.05, 0.1) is 18.5 Å². The van der Waals surface area contributed by atoms with Gasteiger partial charge in [0.2, 0.25) is 0 Å². The minimum absolute atomic E-state index is 0.269. The summed E-state index contributed by atoms with van der Waals surface area (Å²) >= 11 is 0. The van der Waals surface area contributed by atoms with Crippen LogP contribution in [0.15, 0.2) is 6.20 Å². The fourth-order valence-corrected chi connectivity index (χ4v) is 3.09. The quantitative estimate of drug-likeness (QED) is 0.618. The van der Waals surface area contributed by atoms with Gasteiger partial charge in [-0.2, -0.15) is 5.10 Å². The molecule has 0 spiro atoms. The molecule has 0 unspecified atom stereocenters. The number of carbonyl (C=O) groups excluding carboxylic acids is 1. The monoisotopic (exact) mass is 293 g/mol. The number of rotatable bonds is 5. The van der Waals surface area contributed by atoms with Crippen molar-refractivity contribution in [3.8, 4) is 0 Å². The zero-order valence-corrected chi connectivity index (χ0v) is 13.5. The van der Waals surface area contributed by atoms with E-state index in [2.05, 4.69) is 17.0 Å². The van der Waals surface area contributed by atoms with Gasteiger partial charge in [-0.1, -0.05) is 25.7 Å². The minimum atomic E-state index is -0.269. The second-order valence-corrected chi connectivity index (χ2v) is 5.91. The molecule has 118 valence electrons. The van der Waals surface area contributed by atoms with Crippen LogP contribution in [0.2, 0.25) is 0 Å². The summed E-state index contributed by atoms with van der Waals surface area (Å²) in [7, 11) is 4.04. The molecule has 1 fully saturated rings. The first-order chi connectivity index (χ1) is 10.1. The molecule has 0 bridgehead atoms. The van der Waals surface area contributed by atoms with Gasteiger partial charge in [0.1, 0.15) is 5.56 Å². The van der Waals surface area contributed by atoms with Crippen molar-refractivity contribution < 1.29 is 9.53 Å². The van der Waals surface area contributed by atoms with Crippen LogP contribution in [0.3, 0.4) is 0 Å². The third-order valence-electron chi connectivity index (χ3n) is 4.40. The molecule has 0 atom stereocenters. The zero-order valence-electron chi connectivity index (χ0n) is 13.5. The highest BCUT2D eigenvalue weighted by atomic mass is 16.5. The highest BCUT2D eigenvalue weighted by molar-refractivity contribution is 5.90. The lowest BCUT2D eigenvalue weighted by Crippen LogP contribution is -2.32. The van der Waals surface area contributed by atoms with E-state index in [-0.39, 0.29) is 5.97 Å². The first-order valence-corrected chi connectivity index (χ1v) is 8.01. The van der Waals surface area contributed by atoms with Gasteiger partial charge in [-0.3, -0.25) is 9.58 Å². The zero-order chi connectivity index (χ0) is 15.2. The van der Waals surface area contributed by atoms with Crippen LogP contribution in [0.25, 0.3) is 0 Å². The summed E-state index contributed by atoms with van der Waals surface area (Å²) in [6.45, 7) is 2.96. The Morgan fingerprint density at radius 2 is 2.05 bits per heavy atom. The standard InChI is InChI=1S/C16H27N3O2/c1-4-21-16(20)14-11-17-19(3)15(14)12-18(2)13-9-7-5-6-8-10-13/h11,13H,4-10,12H2,1-3H3. The van der Waals surface area contributed by atoms with Crippen LogP contribution in [-0.4, -0.2) is 40.3 Å². The van der Waals surface area contributed by atoms with Crippen molar-refractivity contribution >= 4 is 5.97 Å². The van der Waals surface area contributed by atoms with Crippen molar-refractivity contribution in [2.24, 2.45) is 7.05 Å². The van der Waals surface area contributed by atoms with E-state index in [4.69, 9.17) is 4.74 Å². The number of hydrogen-bond donors (Lipinski definition) is 0. The Bertz CT molecular complexity index is 462. The van der Waals surface area contributed by atoms with Gasteiger partial charge in [0.25, 0.3) is 0 Å². The third-order valence-corrected chi connectivity index (χ3v) is 4.40. The van der Waals surface area contributed by atoms with E-state index in [1.807, 2.05) is 14.0 Å². The molecule has 0 saturated heterocycles. The van der Waals surface area contributed by atoms with Crippen molar-refractivity contribution in [1.82, 2.24) is 14.7 Å². The summed E-state index contributed by atoms with van der Waals surface area (Å²) in [5, 5.41) is 4.23. The predicted octanol–water partition coefficient (Wildman–Crippen LogP) is 2.75. The van der Waals surface area contributed by atoms with E-state index in [1.165, 1.54) is 38.5 Å². The molecule has 5 heteroatoms. The molecule has 0 amide bonds. The number of hydrogen-bond acceptors (Lipinski definition) is 4. The number of aryl methyl sites for hydroxylation is 1. The summed E-state index contributed by atoms with van der Waals surface area (Å²) in [5.41, 5.74) is 1.54. The average Bonchev–Trinajstić information content (AvgIpc) is 2.69. The summed E-state index contributed by atoms with van der Waals surface area (Å²) in [5.74, 6) is -0.269. The maximum absolute atomic E-state index is 12.0. The fourth-order valence-electron chi connectivity index (χ4n) is 3.09. The van der Waals surface area contributed by atoms with Crippen LogP contribution in [0, 0.1) is 0 Å². The Morgan fingerprint density at radius 3 is 2.67 bits per heavy atom. The van der Waals surface area contributed by atoms with Crippen LogP contribution in [-0.2, 0) is 18.3 Å². The second-order valence-electron chi connectivity index (χ2n) is 5.91. The number of ether oxygens (including phenoxy) is 1. The van der Waals surface area contributed by atoms with Crippen molar-refractivity contribution in [3.05, 3.63) is 17.5 Å². The molecular weight excluding hydrogens is 266 g/mol. The van der Waals surface area contributed by atoms with Gasteiger partial charge in [0, 0.05) is 19.6 Å². The summed E-state index contributed by atoms with van der Waals surface area (Å²) in [6, 6.07) is 0.609. The maximum atomic E-state index is 12.0. The molecule has 0 radical (unpaired) electrons. The Hall–Kier alpha value is -1.36. The smallest absolute Gasteiger partial charge is 0.341 e. The van der Waals surface area contributed by atoms with Crippen LogP contribution in [0.4, 0.5) is 0 Å². The highest BCUT2D eigenvalue weighted by Crippen LogP contribution is 2.23. The Morgan fingerprint density at radius 1 is 1.38 bits per heavy atom. The molecule has 1 saturated carbocycles. The van der Waals surface area contributed by atoms with Gasteiger partial charge in [-0.25, -0.2) is 4.79 Å². The van der Waals surface area contributed by atoms with Gasteiger partial charge >= 0.3 is 5.97 Å². The van der Waals surface area contributed by atoms with Gasteiger partial charge < -0.3 is 4.74 Å². The van der Waals surface area contributed by atoms with E-state index in [1.54, 1.807) is 10.9 Å². The average molecular weight is 293 g/mol. The molecule has 0 aliphatic heterocycles. The largest absolute Gasteiger partial charge is 0.462 e. The number of esters is 1. The van der Waals surface area contributed by atoms with Crippen molar-refractivity contribution in [2.45, 2.75) is 58.0 Å². The molecule has 1 aromatic heterocycles. The first kappa shape index (κ1) is 16.0. The summed E-state index contributed by atoms with van der Waals surface area (Å²) < 4.78 is 6.91. The van der Waals surface area contributed by atoms with Crippen LogP contribution in [0.5, 0.6) is 0 Å². The van der Waals surface area contributed by atoms with Crippen LogP contribution >= 0.6 is 0 Å². The lowest BCUT2D eigenvalue weighted by molar-refractivity contribution is 0.0523. The number of aromatic nitrogens is 2. The minimum Gasteiger partial charge on any atom is -0.462 e. The van der Waals surface area contributed by atoms with Crippen molar-refractivity contribution in [1.29, 1.82) is 0 Å². The van der Waals surface area contributed by atoms with Crippen molar-refractivity contribution in [2.75, 3.05) is 13.7 Å². The van der Waals surface area contributed by atoms with E-state index in [0.29, 0.717) is 18.2 Å². The van der Waals surface area contributed by atoms with E-state index >= 15 is 0 Å². The van der Waals surface area contributed by atoms with Crippen LogP contribution in [0.1, 0.15) is 61.5 Å². The Labute approximate surface area is 127 Å². The first-order valence-electron chi connectivity index (χ1n) is 8.01. The molecule has 1 aliphatic carbocycles. The molecular formula is C16H27N3O2. The molecule has 1 aliphatic rings. The van der Waals surface area contributed by atoms with Crippen LogP contribution < -0.4 is 0 Å². The number of carbonyl (C=O) groups is 1. The normalized spacial score (nSPS) is 17.0. The fraction of sp³-hybridized carbons (Fsp3) is 0.750. The molecule has 1 heterocycles. The lowest BCUT2D eigenvalue weighted by Gasteiger charge is -2.27.